The van der Waals surface area contributed by atoms with Gasteiger partial charge in [-0.05, 0) is 49.9 Å². The van der Waals surface area contributed by atoms with Crippen LogP contribution in [0.1, 0.15) is 50.3 Å². The van der Waals surface area contributed by atoms with Gasteiger partial charge in [0.05, 0.1) is 6.10 Å². The molecule has 4 heteroatoms. The summed E-state index contributed by atoms with van der Waals surface area (Å²) >= 11 is 0. The van der Waals surface area contributed by atoms with Crippen molar-refractivity contribution in [3.8, 4) is 5.75 Å². The van der Waals surface area contributed by atoms with Gasteiger partial charge in [-0.1, -0.05) is 6.07 Å². The maximum Gasteiger partial charge on any atom is 0.303 e. The second-order valence-electron chi connectivity index (χ2n) is 5.71. The number of carbonyl (C=O) groups is 1. The smallest absolute Gasteiger partial charge is 0.303 e. The average molecular weight is 264 g/mol. The summed E-state index contributed by atoms with van der Waals surface area (Å²) in [6.07, 6.45) is 1.27. The van der Waals surface area contributed by atoms with Crippen LogP contribution in [0, 0.1) is 0 Å². The minimum atomic E-state index is -0.823. The fourth-order valence-electron chi connectivity index (χ4n) is 2.45. The molecule has 2 N–H and O–H groups in total. The van der Waals surface area contributed by atoms with Crippen molar-refractivity contribution in [2.24, 2.45) is 0 Å². The van der Waals surface area contributed by atoms with Crippen molar-refractivity contribution in [2.75, 3.05) is 0 Å². The van der Waals surface area contributed by atoms with E-state index >= 15 is 0 Å². The summed E-state index contributed by atoms with van der Waals surface area (Å²) in [5, 5.41) is 18.6. The predicted molar refractivity (Wildman–Crippen MR) is 71.3 cm³/mol. The van der Waals surface area contributed by atoms with Crippen LogP contribution in [0.15, 0.2) is 18.2 Å². The lowest BCUT2D eigenvalue weighted by molar-refractivity contribution is -0.137. The highest BCUT2D eigenvalue weighted by molar-refractivity contribution is 5.66. The summed E-state index contributed by atoms with van der Waals surface area (Å²) in [6.45, 7) is 4.08. The highest BCUT2D eigenvalue weighted by atomic mass is 16.5. The molecule has 104 valence electrons. The molecular formula is C15H20O4. The zero-order valence-electron chi connectivity index (χ0n) is 11.3. The maximum absolute atomic E-state index is 10.4. The first-order valence-corrected chi connectivity index (χ1v) is 6.59. The summed E-state index contributed by atoms with van der Waals surface area (Å²) in [4.78, 5) is 10.4. The standard InChI is InChI=1S/C15H20O4/c1-15(2)9-11-8-10(6-7-13(11)19-15)12(16)4-3-5-14(17)18/h6-8,12,16H,3-5,9H2,1-2H3,(H,17,18)/t12-/m0/s1. The third kappa shape index (κ3) is 3.47. The molecule has 0 unspecified atom stereocenters. The fraction of sp³-hybridized carbons (Fsp3) is 0.533. The highest BCUT2D eigenvalue weighted by Gasteiger charge is 2.30. The fourth-order valence-corrected chi connectivity index (χ4v) is 2.45. The van der Waals surface area contributed by atoms with Gasteiger partial charge in [-0.25, -0.2) is 0 Å². The first-order chi connectivity index (χ1) is 8.87. The Morgan fingerprint density at radius 2 is 2.21 bits per heavy atom. The van der Waals surface area contributed by atoms with Crippen molar-refractivity contribution in [1.29, 1.82) is 0 Å². The van der Waals surface area contributed by atoms with Crippen molar-refractivity contribution in [1.82, 2.24) is 0 Å². The molecule has 1 aliphatic heterocycles. The number of benzene rings is 1. The molecule has 2 rings (SSSR count). The summed E-state index contributed by atoms with van der Waals surface area (Å²) in [6, 6.07) is 5.71. The van der Waals surface area contributed by atoms with E-state index in [2.05, 4.69) is 0 Å². The molecule has 0 amide bonds. The molecule has 0 bridgehead atoms. The van der Waals surface area contributed by atoms with E-state index in [1.54, 1.807) is 0 Å². The zero-order chi connectivity index (χ0) is 14.0. The predicted octanol–water partition coefficient (Wildman–Crippen LogP) is 2.69. The summed E-state index contributed by atoms with van der Waals surface area (Å²) in [5.41, 5.74) is 1.76. The van der Waals surface area contributed by atoms with Gasteiger partial charge in [-0.2, -0.15) is 0 Å². The topological polar surface area (TPSA) is 66.8 Å². The molecule has 0 saturated carbocycles. The normalized spacial score (nSPS) is 17.6. The van der Waals surface area contributed by atoms with Gasteiger partial charge in [0, 0.05) is 12.8 Å². The number of hydrogen-bond donors (Lipinski definition) is 2. The Morgan fingerprint density at radius 3 is 2.89 bits per heavy atom. The summed E-state index contributed by atoms with van der Waals surface area (Å²) in [7, 11) is 0. The number of aliphatic hydroxyl groups is 1. The van der Waals surface area contributed by atoms with E-state index in [1.165, 1.54) is 0 Å². The van der Waals surface area contributed by atoms with Crippen LogP contribution in [0.4, 0.5) is 0 Å². The summed E-state index contributed by atoms with van der Waals surface area (Å²) < 4.78 is 5.78. The van der Waals surface area contributed by atoms with Gasteiger partial charge in [0.15, 0.2) is 0 Å². The molecule has 0 spiro atoms. The molecule has 0 saturated heterocycles. The molecule has 0 aromatic heterocycles. The van der Waals surface area contributed by atoms with Crippen LogP contribution < -0.4 is 4.74 Å². The van der Waals surface area contributed by atoms with Gasteiger partial charge >= 0.3 is 5.97 Å². The number of fused-ring (bicyclic) bond motifs is 1. The molecule has 1 aliphatic rings. The first-order valence-electron chi connectivity index (χ1n) is 6.59. The van der Waals surface area contributed by atoms with Crippen molar-refractivity contribution >= 4 is 5.97 Å². The summed E-state index contributed by atoms with van der Waals surface area (Å²) in [5.74, 6) is 0.0581. The van der Waals surface area contributed by atoms with Crippen LogP contribution in [0.3, 0.4) is 0 Å². The second kappa shape index (κ2) is 5.21. The van der Waals surface area contributed by atoms with Crippen LogP contribution >= 0.6 is 0 Å². The molecule has 0 radical (unpaired) electrons. The number of aliphatic carboxylic acids is 1. The Hall–Kier alpha value is -1.55. The minimum absolute atomic E-state index is 0.0954. The molecule has 0 fully saturated rings. The van der Waals surface area contributed by atoms with E-state index in [0.717, 1.165) is 23.3 Å². The van der Waals surface area contributed by atoms with Gasteiger partial charge in [0.2, 0.25) is 0 Å². The lowest BCUT2D eigenvalue weighted by Gasteiger charge is -2.16. The number of rotatable bonds is 5. The zero-order valence-corrected chi connectivity index (χ0v) is 11.3. The van der Waals surface area contributed by atoms with Crippen LogP contribution in [0.2, 0.25) is 0 Å². The monoisotopic (exact) mass is 264 g/mol. The van der Waals surface area contributed by atoms with Gasteiger partial charge in [-0.3, -0.25) is 4.79 Å². The molecule has 1 aromatic carbocycles. The molecule has 1 atom stereocenters. The van der Waals surface area contributed by atoms with Crippen molar-refractivity contribution in [2.45, 2.75) is 51.2 Å². The molecule has 1 aromatic rings. The molecule has 0 aliphatic carbocycles. The van der Waals surface area contributed by atoms with Crippen LogP contribution in [-0.4, -0.2) is 21.8 Å². The molecule has 1 heterocycles. The number of aliphatic hydroxyl groups excluding tert-OH is 1. The Bertz CT molecular complexity index is 479. The van der Waals surface area contributed by atoms with E-state index in [4.69, 9.17) is 9.84 Å². The number of ether oxygens (including phenoxy) is 1. The van der Waals surface area contributed by atoms with Gasteiger partial charge in [0.1, 0.15) is 11.4 Å². The van der Waals surface area contributed by atoms with Crippen LogP contribution in [0.5, 0.6) is 5.75 Å². The van der Waals surface area contributed by atoms with E-state index in [-0.39, 0.29) is 12.0 Å². The molecule has 4 nitrogen and oxygen atoms in total. The quantitative estimate of drug-likeness (QED) is 0.858. The number of carboxylic acid groups (broad SMARTS) is 1. The van der Waals surface area contributed by atoms with Crippen LogP contribution in [0.25, 0.3) is 0 Å². The SMILES string of the molecule is CC1(C)Cc2cc([C@@H](O)CCCC(=O)O)ccc2O1. The lowest BCUT2D eigenvalue weighted by Crippen LogP contribution is -2.24. The number of hydrogen-bond acceptors (Lipinski definition) is 3. The largest absolute Gasteiger partial charge is 0.487 e. The van der Waals surface area contributed by atoms with Crippen LogP contribution in [-0.2, 0) is 11.2 Å². The Labute approximate surface area is 113 Å². The molecule has 19 heavy (non-hydrogen) atoms. The van der Waals surface area contributed by atoms with E-state index in [1.807, 2.05) is 32.0 Å². The third-order valence-corrected chi connectivity index (χ3v) is 3.34. The number of carboxylic acids is 1. The van der Waals surface area contributed by atoms with E-state index < -0.39 is 12.1 Å². The minimum Gasteiger partial charge on any atom is -0.487 e. The molecular weight excluding hydrogens is 244 g/mol. The Balaban J connectivity index is 2.01. The third-order valence-electron chi connectivity index (χ3n) is 3.34. The Kier molecular flexibility index (Phi) is 3.80. The second-order valence-corrected chi connectivity index (χ2v) is 5.71. The van der Waals surface area contributed by atoms with Crippen molar-refractivity contribution < 1.29 is 19.7 Å². The van der Waals surface area contributed by atoms with Crippen molar-refractivity contribution in [3.63, 3.8) is 0 Å². The van der Waals surface area contributed by atoms with Gasteiger partial charge < -0.3 is 14.9 Å². The average Bonchev–Trinajstić information content (AvgIpc) is 2.60. The first kappa shape index (κ1) is 13.9. The van der Waals surface area contributed by atoms with Gasteiger partial charge in [-0.15, -0.1) is 0 Å². The van der Waals surface area contributed by atoms with Crippen molar-refractivity contribution in [3.05, 3.63) is 29.3 Å². The maximum atomic E-state index is 10.4. The highest BCUT2D eigenvalue weighted by Crippen LogP contribution is 2.36. The van der Waals surface area contributed by atoms with E-state index in [0.29, 0.717) is 12.8 Å². The van der Waals surface area contributed by atoms with Gasteiger partial charge in [0.25, 0.3) is 0 Å². The Morgan fingerprint density at radius 1 is 1.47 bits per heavy atom. The lowest BCUT2D eigenvalue weighted by atomic mass is 9.97. The van der Waals surface area contributed by atoms with E-state index in [9.17, 15) is 9.90 Å².